The van der Waals surface area contributed by atoms with Crippen LogP contribution in [0.15, 0.2) is 72.8 Å². The minimum atomic E-state index is -1.85. The van der Waals surface area contributed by atoms with Crippen LogP contribution < -0.4 is 4.90 Å². The van der Waals surface area contributed by atoms with E-state index in [4.69, 9.17) is 0 Å². The lowest BCUT2D eigenvalue weighted by Gasteiger charge is -2.48. The molecule has 7 rings (SSSR count). The molecule has 0 saturated carbocycles. The van der Waals surface area contributed by atoms with Crippen LogP contribution in [0.4, 0.5) is 5.69 Å². The number of imide groups is 1. The van der Waals surface area contributed by atoms with Crippen LogP contribution in [0.2, 0.25) is 0 Å². The summed E-state index contributed by atoms with van der Waals surface area (Å²) >= 11 is 0. The van der Waals surface area contributed by atoms with E-state index in [0.29, 0.717) is 16.7 Å². The molecule has 162 valence electrons. The van der Waals surface area contributed by atoms with E-state index in [1.165, 1.54) is 13.0 Å². The third kappa shape index (κ3) is 2.21. The van der Waals surface area contributed by atoms with Crippen LogP contribution >= 0.6 is 0 Å². The number of carbonyl (C=O) groups is 3. The first-order valence-electron chi connectivity index (χ1n) is 10.7. The monoisotopic (exact) mass is 438 g/mol. The number of hydrogen-bond acceptors (Lipinski definition) is 5. The summed E-state index contributed by atoms with van der Waals surface area (Å²) < 4.78 is 0. The molecule has 1 saturated heterocycles. The van der Waals surface area contributed by atoms with E-state index < -0.39 is 40.0 Å². The van der Waals surface area contributed by atoms with E-state index in [0.717, 1.165) is 16.0 Å². The van der Waals surface area contributed by atoms with Gasteiger partial charge in [0.2, 0.25) is 11.8 Å². The number of nitro groups is 1. The molecule has 3 aromatic rings. The maximum absolute atomic E-state index is 13.9. The molecule has 0 spiro atoms. The molecule has 3 aliphatic carbocycles. The van der Waals surface area contributed by atoms with Crippen LogP contribution in [-0.4, -0.2) is 22.5 Å². The van der Waals surface area contributed by atoms with Gasteiger partial charge >= 0.3 is 0 Å². The summed E-state index contributed by atoms with van der Waals surface area (Å²) in [6.07, 6.45) is 0. The minimum absolute atomic E-state index is 0.199. The zero-order valence-electron chi connectivity index (χ0n) is 17.6. The Kier molecular flexibility index (Phi) is 3.82. The fourth-order valence-electron chi connectivity index (χ4n) is 6.16. The van der Waals surface area contributed by atoms with Gasteiger partial charge in [-0.25, -0.2) is 4.90 Å². The van der Waals surface area contributed by atoms with Gasteiger partial charge in [-0.1, -0.05) is 60.7 Å². The largest absolute Gasteiger partial charge is 0.295 e. The van der Waals surface area contributed by atoms with E-state index in [1.54, 1.807) is 54.6 Å². The van der Waals surface area contributed by atoms with Gasteiger partial charge in [0.1, 0.15) is 5.92 Å². The lowest BCUT2D eigenvalue weighted by atomic mass is 9.51. The van der Waals surface area contributed by atoms with Gasteiger partial charge in [0.25, 0.3) is 5.54 Å². The highest BCUT2D eigenvalue weighted by Gasteiger charge is 2.74. The quantitative estimate of drug-likeness (QED) is 0.269. The van der Waals surface area contributed by atoms with Gasteiger partial charge in [0, 0.05) is 27.5 Å². The number of amides is 2. The molecule has 7 nitrogen and oxygen atoms in total. The van der Waals surface area contributed by atoms with Crippen LogP contribution in [0.5, 0.6) is 0 Å². The minimum Gasteiger partial charge on any atom is -0.295 e. The fraction of sp³-hybridized carbons (Fsp3) is 0.192. The third-order valence-electron chi connectivity index (χ3n) is 7.37. The Morgan fingerprint density at radius 3 is 2.09 bits per heavy atom. The van der Waals surface area contributed by atoms with Gasteiger partial charge in [-0.05, 0) is 30.2 Å². The predicted octanol–water partition coefficient (Wildman–Crippen LogP) is 3.67. The molecule has 1 heterocycles. The summed E-state index contributed by atoms with van der Waals surface area (Å²) in [5.74, 6) is -3.79. The molecule has 1 aliphatic heterocycles. The highest BCUT2D eigenvalue weighted by molar-refractivity contribution is 6.24. The highest BCUT2D eigenvalue weighted by atomic mass is 16.6. The summed E-state index contributed by atoms with van der Waals surface area (Å²) in [6.45, 7) is 1.40. The molecule has 2 amide bonds. The summed E-state index contributed by atoms with van der Waals surface area (Å²) in [5, 5.41) is 12.9. The normalized spacial score (nSPS) is 26.6. The topological polar surface area (TPSA) is 97.6 Å². The standard InChI is InChI=1S/C26H18N2O5/c1-14(29)15-7-6-8-16(13-15)27-24(30)22-21-17-9-2-4-11-19(17)26(28(32)33,23(22)25(27)31)20-12-5-3-10-18(20)21/h2-13,21-23H,1H3/t21?,22-,23-,26?/m1/s1. The van der Waals surface area contributed by atoms with Gasteiger partial charge < -0.3 is 0 Å². The van der Waals surface area contributed by atoms with Crippen LogP contribution in [-0.2, 0) is 15.1 Å². The van der Waals surface area contributed by atoms with E-state index in [1.807, 2.05) is 12.1 Å². The SMILES string of the molecule is CC(=O)c1cccc(N2C(=O)[C@@H]3C4c5ccccc5C([N+](=O)[O-])(c5ccccc54)[C@H]3C2=O)c1. The van der Waals surface area contributed by atoms with Crippen LogP contribution in [0.1, 0.15) is 45.5 Å². The van der Waals surface area contributed by atoms with Gasteiger partial charge in [-0.2, -0.15) is 0 Å². The number of rotatable bonds is 3. The Hall–Kier alpha value is -4.13. The van der Waals surface area contributed by atoms with Crippen LogP contribution in [0.3, 0.4) is 0 Å². The van der Waals surface area contributed by atoms with E-state index >= 15 is 0 Å². The third-order valence-corrected chi connectivity index (χ3v) is 7.37. The maximum Gasteiger partial charge on any atom is 0.285 e. The molecule has 4 aliphatic rings. The van der Waals surface area contributed by atoms with Crippen LogP contribution in [0, 0.1) is 22.0 Å². The average Bonchev–Trinajstić information content (AvgIpc) is 3.09. The molecule has 2 atom stereocenters. The van der Waals surface area contributed by atoms with Crippen molar-refractivity contribution in [2.24, 2.45) is 11.8 Å². The number of ketones is 1. The molecule has 33 heavy (non-hydrogen) atoms. The first-order valence-corrected chi connectivity index (χ1v) is 10.7. The average molecular weight is 438 g/mol. The maximum atomic E-state index is 13.9. The van der Waals surface area contributed by atoms with Crippen molar-refractivity contribution in [3.63, 3.8) is 0 Å². The second-order valence-electron chi connectivity index (χ2n) is 8.80. The lowest BCUT2D eigenvalue weighted by molar-refractivity contribution is -0.578. The van der Waals surface area contributed by atoms with E-state index in [9.17, 15) is 24.5 Å². The Bertz CT molecular complexity index is 1360. The Labute approximate surface area is 188 Å². The van der Waals surface area contributed by atoms with Crippen molar-refractivity contribution in [1.82, 2.24) is 0 Å². The zero-order chi connectivity index (χ0) is 23.1. The van der Waals surface area contributed by atoms with Gasteiger partial charge in [-0.15, -0.1) is 0 Å². The molecule has 7 heteroatoms. The Morgan fingerprint density at radius 2 is 1.52 bits per heavy atom. The molecular formula is C26H18N2O5. The molecule has 2 bridgehead atoms. The highest BCUT2D eigenvalue weighted by Crippen LogP contribution is 2.64. The van der Waals surface area contributed by atoms with Crippen molar-refractivity contribution in [3.8, 4) is 0 Å². The zero-order valence-corrected chi connectivity index (χ0v) is 17.6. The molecule has 0 N–H and O–H groups in total. The van der Waals surface area contributed by atoms with Crippen LogP contribution in [0.25, 0.3) is 0 Å². The second kappa shape index (κ2) is 6.45. The summed E-state index contributed by atoms with van der Waals surface area (Å²) in [6, 6.07) is 20.4. The van der Waals surface area contributed by atoms with Gasteiger partial charge in [0.05, 0.1) is 11.6 Å². The number of nitrogens with zero attached hydrogens (tertiary/aromatic N) is 2. The van der Waals surface area contributed by atoms with Crippen molar-refractivity contribution in [2.45, 2.75) is 18.4 Å². The summed E-state index contributed by atoms with van der Waals surface area (Å²) in [5.41, 5.74) is 1.15. The number of benzene rings is 3. The summed E-state index contributed by atoms with van der Waals surface area (Å²) in [7, 11) is 0. The fourth-order valence-corrected chi connectivity index (χ4v) is 6.16. The molecule has 3 aromatic carbocycles. The van der Waals surface area contributed by atoms with Crippen molar-refractivity contribution >= 4 is 23.3 Å². The van der Waals surface area contributed by atoms with E-state index in [2.05, 4.69) is 0 Å². The van der Waals surface area contributed by atoms with E-state index in [-0.39, 0.29) is 11.5 Å². The number of carbonyl (C=O) groups excluding carboxylic acids is 3. The van der Waals surface area contributed by atoms with Crippen molar-refractivity contribution < 1.29 is 19.3 Å². The Morgan fingerprint density at radius 1 is 0.909 bits per heavy atom. The predicted molar refractivity (Wildman–Crippen MR) is 118 cm³/mol. The van der Waals surface area contributed by atoms with Crippen molar-refractivity contribution in [1.29, 1.82) is 0 Å². The van der Waals surface area contributed by atoms with Gasteiger partial charge in [-0.3, -0.25) is 24.5 Å². The second-order valence-corrected chi connectivity index (χ2v) is 8.80. The molecule has 0 aromatic heterocycles. The molecule has 0 radical (unpaired) electrons. The first-order chi connectivity index (χ1) is 15.9. The molecule has 0 unspecified atom stereocenters. The Balaban J connectivity index is 1.64. The molecular weight excluding hydrogens is 420 g/mol. The van der Waals surface area contributed by atoms with Gasteiger partial charge in [0.15, 0.2) is 5.78 Å². The number of hydrogen-bond donors (Lipinski definition) is 0. The van der Waals surface area contributed by atoms with Crippen molar-refractivity contribution in [3.05, 3.63) is 111 Å². The first kappa shape index (κ1) is 19.5. The molecule has 1 fully saturated rings. The smallest absolute Gasteiger partial charge is 0.285 e. The summed E-state index contributed by atoms with van der Waals surface area (Å²) in [4.78, 5) is 53.1. The number of Topliss-reactive ketones (excluding diaryl/α,β-unsaturated/α-hetero) is 1. The lowest BCUT2D eigenvalue weighted by Crippen LogP contribution is -2.57. The van der Waals surface area contributed by atoms with Crippen molar-refractivity contribution in [2.75, 3.05) is 4.90 Å². The number of anilines is 1.